The Morgan fingerprint density at radius 2 is 1.78 bits per heavy atom. The van der Waals surface area contributed by atoms with Crippen molar-refractivity contribution in [3.63, 3.8) is 0 Å². The van der Waals surface area contributed by atoms with Crippen molar-refractivity contribution in [3.05, 3.63) is 75.5 Å². The van der Waals surface area contributed by atoms with Gasteiger partial charge in [0, 0.05) is 23.6 Å². The van der Waals surface area contributed by atoms with E-state index in [1.54, 1.807) is 32.3 Å². The second kappa shape index (κ2) is 9.79. The fraction of sp³-hybridized carbons (Fsp3) is 0.367. The lowest BCUT2D eigenvalue weighted by molar-refractivity contribution is -0.148. The summed E-state index contributed by atoms with van der Waals surface area (Å²) < 4.78 is 14.5. The summed E-state index contributed by atoms with van der Waals surface area (Å²) in [5, 5.41) is 44.8. The maximum Gasteiger partial charge on any atom is 0.255 e. The van der Waals surface area contributed by atoms with E-state index in [9.17, 15) is 39.2 Å². The second-order valence-electron chi connectivity index (χ2n) is 11.5. The smallest absolute Gasteiger partial charge is 0.255 e. The van der Waals surface area contributed by atoms with Crippen LogP contribution in [0.5, 0.6) is 5.75 Å². The third kappa shape index (κ3) is 4.14. The predicted octanol–water partition coefficient (Wildman–Crippen LogP) is 1.99. The standard InChI is InChI=1S/C30H32FN3O7/c1-33(2)12-15-9-13(5-7-19(15)31)16-6-8-20(35)22-17(16)10-14-11-18-24(34(3)4)26(37)23(29(32)40)28(39)30(18,41)27(38)21(14)25(22)36/h5-9,14,18,24,35,37-38,41H,10-12H2,1-4H3,(H2,32,40)/t14-,18-,24+,30-/m0/s1. The average molecular weight is 566 g/mol. The van der Waals surface area contributed by atoms with Gasteiger partial charge in [-0.2, -0.15) is 0 Å². The van der Waals surface area contributed by atoms with E-state index in [4.69, 9.17) is 5.73 Å². The van der Waals surface area contributed by atoms with Crippen molar-refractivity contribution in [2.75, 3.05) is 28.2 Å². The number of carbonyl (C=O) groups is 3. The lowest BCUT2D eigenvalue weighted by Crippen LogP contribution is -2.63. The number of phenols is 1. The number of benzene rings is 2. The summed E-state index contributed by atoms with van der Waals surface area (Å²) in [5.41, 5.74) is 3.63. The zero-order chi connectivity index (χ0) is 30.1. The fourth-order valence-corrected chi connectivity index (χ4v) is 6.73. The third-order valence-electron chi connectivity index (χ3n) is 8.45. The number of aliphatic hydroxyl groups is 3. The van der Waals surface area contributed by atoms with E-state index in [0.29, 0.717) is 28.8 Å². The van der Waals surface area contributed by atoms with Crippen molar-refractivity contribution < 1.29 is 39.2 Å². The van der Waals surface area contributed by atoms with Gasteiger partial charge >= 0.3 is 0 Å². The molecule has 6 N–H and O–H groups in total. The Hall–Kier alpha value is -4.06. The molecule has 0 unspecified atom stereocenters. The zero-order valence-corrected chi connectivity index (χ0v) is 23.1. The molecule has 41 heavy (non-hydrogen) atoms. The van der Waals surface area contributed by atoms with Gasteiger partial charge in [-0.25, -0.2) is 4.39 Å². The predicted molar refractivity (Wildman–Crippen MR) is 146 cm³/mol. The normalized spacial score (nSPS) is 25.9. The van der Waals surface area contributed by atoms with Gasteiger partial charge in [-0.15, -0.1) is 0 Å². The van der Waals surface area contributed by atoms with Gasteiger partial charge in [0.1, 0.15) is 28.7 Å². The number of Topliss-reactive ketones (excluding diaryl/α,β-unsaturated/α-hetero) is 2. The maximum atomic E-state index is 14.5. The van der Waals surface area contributed by atoms with E-state index in [2.05, 4.69) is 0 Å². The molecule has 3 aliphatic carbocycles. The first-order chi connectivity index (χ1) is 19.2. The Labute approximate surface area is 235 Å². The summed E-state index contributed by atoms with van der Waals surface area (Å²) in [4.78, 5) is 42.8. The summed E-state index contributed by atoms with van der Waals surface area (Å²) >= 11 is 0. The Balaban J connectivity index is 1.69. The van der Waals surface area contributed by atoms with Crippen LogP contribution >= 0.6 is 0 Å². The molecule has 10 nitrogen and oxygen atoms in total. The number of nitrogens with zero attached hydrogens (tertiary/aromatic N) is 2. The van der Waals surface area contributed by atoms with Crippen molar-refractivity contribution in [2.24, 2.45) is 17.6 Å². The van der Waals surface area contributed by atoms with Crippen LogP contribution in [0.3, 0.4) is 0 Å². The maximum absolute atomic E-state index is 14.5. The summed E-state index contributed by atoms with van der Waals surface area (Å²) in [6.45, 7) is 0.340. The lowest BCUT2D eigenvalue weighted by Gasteiger charge is -2.50. The van der Waals surface area contributed by atoms with E-state index in [-0.39, 0.29) is 35.5 Å². The molecule has 0 aliphatic heterocycles. The van der Waals surface area contributed by atoms with Crippen LogP contribution in [-0.2, 0) is 22.6 Å². The average Bonchev–Trinajstić information content (AvgIpc) is 2.87. The van der Waals surface area contributed by atoms with E-state index in [1.807, 2.05) is 19.0 Å². The number of hydrogen-bond acceptors (Lipinski definition) is 9. The Morgan fingerprint density at radius 3 is 2.39 bits per heavy atom. The van der Waals surface area contributed by atoms with Crippen molar-refractivity contribution in [1.29, 1.82) is 0 Å². The number of rotatable bonds is 5. The third-order valence-corrected chi connectivity index (χ3v) is 8.45. The minimum absolute atomic E-state index is 0.0177. The highest BCUT2D eigenvalue weighted by Crippen LogP contribution is 2.53. The van der Waals surface area contributed by atoms with E-state index in [1.165, 1.54) is 17.0 Å². The molecular weight excluding hydrogens is 533 g/mol. The molecule has 0 saturated carbocycles. The first-order valence-corrected chi connectivity index (χ1v) is 13.1. The molecule has 2 aromatic carbocycles. The number of halogens is 1. The number of aromatic hydroxyl groups is 1. The number of nitrogens with two attached hydrogens (primary N) is 1. The van der Waals surface area contributed by atoms with E-state index in [0.717, 1.165) is 0 Å². The van der Waals surface area contributed by atoms with Crippen molar-refractivity contribution in [1.82, 2.24) is 9.80 Å². The number of allylic oxidation sites excluding steroid dienone is 1. The van der Waals surface area contributed by atoms with Crippen LogP contribution in [0.1, 0.15) is 27.9 Å². The van der Waals surface area contributed by atoms with Gasteiger partial charge < -0.3 is 31.1 Å². The second-order valence-corrected chi connectivity index (χ2v) is 11.5. The summed E-state index contributed by atoms with van der Waals surface area (Å²) in [6.07, 6.45) is 0.120. The SMILES string of the molecule is CN(C)Cc1cc(-c2ccc(O)c3c2C[C@H]2C[C@H]4[C@@H](N(C)C)C(O)=C(C(N)=O)C(=O)[C@@]4(O)C(O)=C2C3=O)ccc1F. The van der Waals surface area contributed by atoms with Gasteiger partial charge in [0.15, 0.2) is 11.4 Å². The van der Waals surface area contributed by atoms with Crippen molar-refractivity contribution in [3.8, 4) is 16.9 Å². The van der Waals surface area contributed by atoms with Gasteiger partial charge in [-0.1, -0.05) is 12.1 Å². The number of ketones is 2. The van der Waals surface area contributed by atoms with Crippen LogP contribution < -0.4 is 5.73 Å². The van der Waals surface area contributed by atoms with Crippen molar-refractivity contribution in [2.45, 2.75) is 31.0 Å². The highest BCUT2D eigenvalue weighted by atomic mass is 19.1. The number of amides is 1. The fourth-order valence-electron chi connectivity index (χ4n) is 6.73. The highest BCUT2D eigenvalue weighted by Gasteiger charge is 2.63. The highest BCUT2D eigenvalue weighted by molar-refractivity contribution is 6.24. The summed E-state index contributed by atoms with van der Waals surface area (Å²) in [6, 6.07) is 6.52. The first kappa shape index (κ1) is 28.5. The molecular formula is C30H32FN3O7. The lowest BCUT2D eigenvalue weighted by atomic mass is 9.58. The van der Waals surface area contributed by atoms with E-state index < -0.39 is 58.0 Å². The van der Waals surface area contributed by atoms with Crippen LogP contribution in [0.4, 0.5) is 4.39 Å². The van der Waals surface area contributed by atoms with Gasteiger partial charge in [0.2, 0.25) is 5.78 Å². The molecule has 0 bridgehead atoms. The Morgan fingerprint density at radius 1 is 1.10 bits per heavy atom. The molecule has 0 radical (unpaired) electrons. The van der Waals surface area contributed by atoms with Gasteiger partial charge in [-0.05, 0) is 81.8 Å². The molecule has 0 fully saturated rings. The molecule has 0 heterocycles. The number of carbonyl (C=O) groups excluding carboxylic acids is 3. The first-order valence-electron chi connectivity index (χ1n) is 13.1. The summed E-state index contributed by atoms with van der Waals surface area (Å²) in [5.74, 6) is -7.44. The number of likely N-dealkylation sites (N-methyl/N-ethyl adjacent to an activating group) is 1. The zero-order valence-electron chi connectivity index (χ0n) is 23.1. The molecule has 216 valence electrons. The van der Waals surface area contributed by atoms with E-state index >= 15 is 0 Å². The minimum atomic E-state index is -2.70. The van der Waals surface area contributed by atoms with Gasteiger partial charge in [0.05, 0.1) is 11.6 Å². The molecule has 3 aliphatic rings. The molecule has 2 aromatic rings. The minimum Gasteiger partial charge on any atom is -0.510 e. The monoisotopic (exact) mass is 565 g/mol. The van der Waals surface area contributed by atoms with Crippen LogP contribution in [-0.4, -0.2) is 87.5 Å². The molecule has 11 heteroatoms. The van der Waals surface area contributed by atoms with Crippen LogP contribution in [0, 0.1) is 17.7 Å². The molecule has 1 amide bonds. The quantitative estimate of drug-likeness (QED) is 0.341. The molecule has 0 spiro atoms. The summed E-state index contributed by atoms with van der Waals surface area (Å²) in [7, 11) is 6.77. The Bertz CT molecular complexity index is 1580. The largest absolute Gasteiger partial charge is 0.510 e. The Kier molecular flexibility index (Phi) is 6.80. The van der Waals surface area contributed by atoms with Gasteiger partial charge in [-0.3, -0.25) is 19.3 Å². The number of hydrogen-bond donors (Lipinski definition) is 5. The van der Waals surface area contributed by atoms with Gasteiger partial charge in [0.25, 0.3) is 5.91 Å². The topological polar surface area (TPSA) is 165 Å². The molecule has 5 rings (SSSR count). The number of primary amides is 1. The number of aliphatic hydroxyl groups excluding tert-OH is 2. The molecule has 0 aromatic heterocycles. The number of phenolic OH excluding ortho intramolecular Hbond substituents is 1. The molecule has 0 saturated heterocycles. The van der Waals surface area contributed by atoms with Crippen LogP contribution in [0.15, 0.2) is 53.0 Å². The molecule has 4 atom stereocenters. The van der Waals surface area contributed by atoms with Crippen molar-refractivity contribution >= 4 is 17.5 Å². The van der Waals surface area contributed by atoms with Crippen LogP contribution in [0.2, 0.25) is 0 Å². The number of fused-ring (bicyclic) bond motifs is 3. The van der Waals surface area contributed by atoms with Crippen LogP contribution in [0.25, 0.3) is 11.1 Å².